The van der Waals surface area contributed by atoms with Crippen LogP contribution in [0.1, 0.15) is 146 Å². The first-order valence-corrected chi connectivity index (χ1v) is 30.7. The minimum absolute atomic E-state index is 0.113. The monoisotopic (exact) mass is 1160 g/mol. The van der Waals surface area contributed by atoms with Crippen LogP contribution in [0.15, 0.2) is 144 Å². The van der Waals surface area contributed by atoms with E-state index in [1.54, 1.807) is 70.7 Å². The SMILES string of the molecule is C1CCCCC1.CC.CC.CC.CC.CC.CN1CC(c2ccccc2)CN(C)C1=O.CN1CCN(C)C1=O.COC.COC.Cc1ccc(C)o1.Cc1nc2ccccc2s1.Cc1nnc(C)s1.c1ccccc1.c1ccccc1. The highest BCUT2D eigenvalue weighted by Crippen LogP contribution is 2.22. The number of aromatic nitrogens is 3. The van der Waals surface area contributed by atoms with E-state index in [4.69, 9.17) is 4.42 Å². The van der Waals surface area contributed by atoms with Crippen LogP contribution in [0.5, 0.6) is 0 Å². The smallest absolute Gasteiger partial charge is 0.319 e. The van der Waals surface area contributed by atoms with E-state index in [9.17, 15) is 9.59 Å². The molecular formula is C67H113N7O5S2. The average Bonchev–Trinajstić information content (AvgIpc) is 4.31. The predicted octanol–water partition coefficient (Wildman–Crippen LogP) is 18.8. The molecule has 14 heteroatoms. The first-order valence-electron chi connectivity index (χ1n) is 29.1. The van der Waals surface area contributed by atoms with Gasteiger partial charge in [0.25, 0.3) is 0 Å². The molecule has 1 aliphatic carbocycles. The molecule has 81 heavy (non-hydrogen) atoms. The van der Waals surface area contributed by atoms with E-state index in [0.717, 1.165) is 58.2 Å². The van der Waals surface area contributed by atoms with Crippen molar-refractivity contribution in [1.29, 1.82) is 0 Å². The van der Waals surface area contributed by atoms with Gasteiger partial charge in [-0.05, 0) is 64.4 Å². The number of carbonyl (C=O) groups excluding carboxylic acids is 2. The van der Waals surface area contributed by atoms with Crippen LogP contribution < -0.4 is 0 Å². The van der Waals surface area contributed by atoms with Gasteiger partial charge >= 0.3 is 12.1 Å². The molecule has 0 N–H and O–H groups in total. The topological polar surface area (TPSA) is 117 Å². The number of fused-ring (bicyclic) bond motifs is 1. The van der Waals surface area contributed by atoms with Gasteiger partial charge in [0.15, 0.2) is 0 Å². The second-order valence-electron chi connectivity index (χ2n) is 16.7. The Balaban J connectivity index is -0.000000266. The van der Waals surface area contributed by atoms with Gasteiger partial charge in [0.1, 0.15) is 21.5 Å². The van der Waals surface area contributed by atoms with Crippen LogP contribution in [-0.4, -0.2) is 130 Å². The Bertz CT molecular complexity index is 2100. The summed E-state index contributed by atoms with van der Waals surface area (Å²) in [5, 5.41) is 10.8. The molecule has 1 saturated carbocycles. The lowest BCUT2D eigenvalue weighted by molar-refractivity contribution is 0.144. The number of aryl methyl sites for hydroxylation is 5. The number of thiazole rings is 1. The van der Waals surface area contributed by atoms with E-state index in [-0.39, 0.29) is 12.1 Å². The van der Waals surface area contributed by atoms with Crippen molar-refractivity contribution >= 4 is 45.0 Å². The Kier molecular flexibility index (Phi) is 63.9. The third-order valence-corrected chi connectivity index (χ3v) is 11.8. The molecule has 0 unspecified atom stereocenters. The zero-order chi connectivity index (χ0) is 62.7. The molecule has 7 aromatic rings. The summed E-state index contributed by atoms with van der Waals surface area (Å²) in [7, 11) is 13.8. The largest absolute Gasteiger partial charge is 0.467 e. The molecule has 3 aromatic heterocycles. The number of hydrogen-bond donors (Lipinski definition) is 0. The van der Waals surface area contributed by atoms with Crippen LogP contribution in [-0.2, 0) is 9.47 Å². The number of amides is 4. The number of likely N-dealkylation sites (N-methyl/N-ethyl adjacent to an activating group) is 4. The summed E-state index contributed by atoms with van der Waals surface area (Å²) in [4.78, 5) is 33.6. The zero-order valence-electron chi connectivity index (χ0n) is 54.9. The number of methoxy groups -OCH3 is 2. The van der Waals surface area contributed by atoms with Gasteiger partial charge in [-0.3, -0.25) is 0 Å². The van der Waals surface area contributed by atoms with E-state index in [1.165, 1.54) is 48.8 Å². The van der Waals surface area contributed by atoms with Crippen LogP contribution in [0.25, 0.3) is 10.2 Å². The van der Waals surface area contributed by atoms with E-state index in [1.807, 2.05) is 253 Å². The van der Waals surface area contributed by atoms with Crippen LogP contribution in [0.3, 0.4) is 0 Å². The minimum atomic E-state index is 0.113. The average molecular weight is 1160 g/mol. The Morgan fingerprint density at radius 1 is 0.420 bits per heavy atom. The van der Waals surface area contributed by atoms with Gasteiger partial charge in [0, 0.05) is 88.7 Å². The lowest BCUT2D eigenvalue weighted by Crippen LogP contribution is -2.48. The highest BCUT2D eigenvalue weighted by Gasteiger charge is 2.27. The number of ether oxygens (including phenoxy) is 2. The van der Waals surface area contributed by atoms with E-state index >= 15 is 0 Å². The molecule has 458 valence electrons. The number of benzene rings is 4. The lowest BCUT2D eigenvalue weighted by Gasteiger charge is -2.36. The fraction of sp³-hybridized carbons (Fsp3) is 0.507. The van der Waals surface area contributed by atoms with Crippen molar-refractivity contribution in [2.75, 3.05) is 82.8 Å². The second kappa shape index (κ2) is 61.7. The molecule has 10 rings (SSSR count). The molecule has 5 heterocycles. The van der Waals surface area contributed by atoms with Gasteiger partial charge in [-0.2, -0.15) is 0 Å². The molecule has 2 aliphatic heterocycles. The zero-order valence-corrected chi connectivity index (χ0v) is 56.5. The van der Waals surface area contributed by atoms with Crippen molar-refractivity contribution < 1.29 is 23.5 Å². The number of rotatable bonds is 1. The van der Waals surface area contributed by atoms with Crippen LogP contribution in [0.2, 0.25) is 0 Å². The van der Waals surface area contributed by atoms with Crippen molar-refractivity contribution in [2.45, 2.75) is 148 Å². The van der Waals surface area contributed by atoms with Gasteiger partial charge in [0.2, 0.25) is 0 Å². The van der Waals surface area contributed by atoms with Gasteiger partial charge in [-0.15, -0.1) is 32.9 Å². The first kappa shape index (κ1) is 83.9. The van der Waals surface area contributed by atoms with Crippen LogP contribution in [0.4, 0.5) is 9.59 Å². The minimum Gasteiger partial charge on any atom is -0.467 e. The van der Waals surface area contributed by atoms with Crippen molar-refractivity contribution in [3.63, 3.8) is 0 Å². The molecule has 2 saturated heterocycles. The fourth-order valence-corrected chi connectivity index (χ4v) is 8.07. The summed E-state index contributed by atoms with van der Waals surface area (Å²) in [5.74, 6) is 2.40. The number of nitrogens with zero attached hydrogens (tertiary/aromatic N) is 7. The van der Waals surface area contributed by atoms with Gasteiger partial charge in [-0.1, -0.05) is 223 Å². The van der Waals surface area contributed by atoms with Crippen molar-refractivity contribution in [3.05, 3.63) is 172 Å². The van der Waals surface area contributed by atoms with Crippen LogP contribution in [0, 0.1) is 34.6 Å². The van der Waals surface area contributed by atoms with Gasteiger partial charge < -0.3 is 33.5 Å². The third kappa shape index (κ3) is 47.4. The van der Waals surface area contributed by atoms with Crippen molar-refractivity contribution in [1.82, 2.24) is 34.8 Å². The summed E-state index contributed by atoms with van der Waals surface area (Å²) in [6.07, 6.45) is 9.00. The maximum atomic E-state index is 11.6. The molecule has 0 radical (unpaired) electrons. The summed E-state index contributed by atoms with van der Waals surface area (Å²) in [6.45, 7) is 33.2. The van der Waals surface area contributed by atoms with Crippen LogP contribution >= 0.6 is 22.7 Å². The Hall–Kier alpha value is -5.93. The molecule has 0 bridgehead atoms. The maximum absolute atomic E-state index is 11.6. The number of urea groups is 2. The van der Waals surface area contributed by atoms with Gasteiger partial charge in [-0.25, -0.2) is 14.6 Å². The number of hydrogen-bond acceptors (Lipinski definition) is 10. The summed E-state index contributed by atoms with van der Waals surface area (Å²) >= 11 is 3.36. The normalized spacial score (nSPS) is 12.1. The van der Waals surface area contributed by atoms with E-state index in [0.29, 0.717) is 5.92 Å². The van der Waals surface area contributed by atoms with E-state index in [2.05, 4.69) is 42.9 Å². The first-order chi connectivity index (χ1) is 39.2. The summed E-state index contributed by atoms with van der Waals surface area (Å²) in [5.41, 5.74) is 2.42. The highest BCUT2D eigenvalue weighted by molar-refractivity contribution is 7.18. The number of carbonyl (C=O) groups is 2. The standard InChI is InChI=1S/C12H16N2O.C8H7NS.C6H8O.C6H12.2C6H6.C5H10N2O.C4H6N2S.2C2H6O.5C2H6/c1-13-8-11(9-14(2)12(13)15)10-6-4-3-5-7-10;1-6-9-7-4-2-3-5-8(7)10-6;1-5-3-4-6(2)7-5;3*1-2-4-6-5-3-1;1-6-3-4-7(2)5(6)8;1-3-5-6-4(2)7-3;2*1-3-2;5*1-2/h3-7,11H,8-9H2,1-2H3;2-5H,1H3;3-4H,1-2H3;1-6H2;2*1-6H;3-4H2,1-2H3;1-2H3;2*1-2H3;5*1-2H3. The number of para-hydroxylation sites is 1. The predicted molar refractivity (Wildman–Crippen MR) is 356 cm³/mol. The Morgan fingerprint density at radius 3 is 0.975 bits per heavy atom. The molecule has 3 fully saturated rings. The second-order valence-corrected chi connectivity index (χ2v) is 19.3. The molecule has 0 spiro atoms. The molecule has 4 aromatic carbocycles. The summed E-state index contributed by atoms with van der Waals surface area (Å²) in [6, 6.07) is 46.7. The number of furan rings is 1. The quantitative estimate of drug-likeness (QED) is 0.160. The molecule has 0 atom stereocenters. The molecule has 4 amide bonds. The third-order valence-electron chi connectivity index (χ3n) is 10.1. The Morgan fingerprint density at radius 2 is 0.716 bits per heavy atom. The highest BCUT2D eigenvalue weighted by atomic mass is 32.1. The maximum Gasteiger partial charge on any atom is 0.319 e. The van der Waals surface area contributed by atoms with Gasteiger partial charge in [0.05, 0.1) is 15.2 Å². The molecular weight excluding hydrogens is 1050 g/mol. The molecule has 12 nitrogen and oxygen atoms in total. The van der Waals surface area contributed by atoms with Crippen molar-refractivity contribution in [2.24, 2.45) is 0 Å². The Labute approximate surface area is 503 Å². The molecule has 3 aliphatic rings. The lowest BCUT2D eigenvalue weighted by atomic mass is 9.97. The van der Waals surface area contributed by atoms with Crippen molar-refractivity contribution in [3.8, 4) is 0 Å². The van der Waals surface area contributed by atoms with E-state index < -0.39 is 0 Å². The fourth-order valence-electron chi connectivity index (χ4n) is 6.66. The summed E-state index contributed by atoms with van der Waals surface area (Å²) < 4.78 is 14.9.